The van der Waals surface area contributed by atoms with Crippen molar-refractivity contribution < 1.29 is 4.79 Å². The van der Waals surface area contributed by atoms with Gasteiger partial charge in [0.15, 0.2) is 0 Å². The molecule has 0 saturated heterocycles. The van der Waals surface area contributed by atoms with Crippen LogP contribution >= 0.6 is 0 Å². The van der Waals surface area contributed by atoms with Crippen LogP contribution in [0.25, 0.3) is 0 Å². The van der Waals surface area contributed by atoms with Crippen molar-refractivity contribution in [3.05, 3.63) is 144 Å². The van der Waals surface area contributed by atoms with E-state index in [1.54, 1.807) is 0 Å². The van der Waals surface area contributed by atoms with Gasteiger partial charge in [0.2, 0.25) is 5.91 Å². The number of rotatable bonds is 16. The van der Waals surface area contributed by atoms with Gasteiger partial charge >= 0.3 is 0 Å². The highest BCUT2D eigenvalue weighted by molar-refractivity contribution is 5.79. The van der Waals surface area contributed by atoms with Crippen LogP contribution < -0.4 is 11.5 Å². The van der Waals surface area contributed by atoms with Crippen LogP contribution in [0.2, 0.25) is 0 Å². The molecule has 0 aliphatic carbocycles. The maximum Gasteiger partial charge on any atom is 0.234 e. The van der Waals surface area contributed by atoms with E-state index < -0.39 is 0 Å². The largest absolute Gasteiger partial charge is 0.368 e. The molecule has 0 radical (unpaired) electrons. The number of amides is 1. The molecule has 0 aromatic heterocycles. The Morgan fingerprint density at radius 1 is 0.533 bits per heavy atom. The van der Waals surface area contributed by atoms with Gasteiger partial charge < -0.3 is 11.5 Å². The van der Waals surface area contributed by atoms with Gasteiger partial charge in [-0.25, -0.2) is 0 Å². The summed E-state index contributed by atoms with van der Waals surface area (Å²) in [5, 5.41) is 0. The molecule has 0 unspecified atom stereocenters. The summed E-state index contributed by atoms with van der Waals surface area (Å²) < 4.78 is 0. The van der Waals surface area contributed by atoms with E-state index in [0.717, 1.165) is 39.0 Å². The molecule has 5 nitrogen and oxygen atoms in total. The van der Waals surface area contributed by atoms with E-state index in [9.17, 15) is 4.79 Å². The van der Waals surface area contributed by atoms with Crippen LogP contribution in [0, 0.1) is 11.8 Å². The van der Waals surface area contributed by atoms with E-state index in [1.165, 1.54) is 22.3 Å². The lowest BCUT2D eigenvalue weighted by Gasteiger charge is -2.32. The van der Waals surface area contributed by atoms with Gasteiger partial charge in [-0.1, -0.05) is 149 Å². The third-order valence-electron chi connectivity index (χ3n) is 7.91. The Kier molecular flexibility index (Phi) is 15.5. The lowest BCUT2D eigenvalue weighted by atomic mass is 10.00. The molecule has 5 heteroatoms. The molecular formula is C40H54N4O. The second-order valence-corrected chi connectivity index (χ2v) is 12.8. The van der Waals surface area contributed by atoms with E-state index in [4.69, 9.17) is 11.5 Å². The molecule has 0 heterocycles. The monoisotopic (exact) mass is 606 g/mol. The number of nitrogens with two attached hydrogens (primary N) is 2. The molecule has 4 rings (SSSR count). The van der Waals surface area contributed by atoms with Crippen molar-refractivity contribution in [3.8, 4) is 0 Å². The molecule has 0 fully saturated rings. The first-order valence-corrected chi connectivity index (χ1v) is 16.4. The zero-order chi connectivity index (χ0) is 32.4. The van der Waals surface area contributed by atoms with Crippen LogP contribution in [0.4, 0.5) is 0 Å². The second kappa shape index (κ2) is 19.6. The van der Waals surface area contributed by atoms with Crippen molar-refractivity contribution >= 4 is 5.91 Å². The lowest BCUT2D eigenvalue weighted by Crippen LogP contribution is -2.44. The molecule has 0 bridgehead atoms. The number of carbonyl (C=O) groups is 1. The Morgan fingerprint density at radius 3 is 1.11 bits per heavy atom. The highest BCUT2D eigenvalue weighted by Gasteiger charge is 2.25. The van der Waals surface area contributed by atoms with Gasteiger partial charge in [-0.15, -0.1) is 0 Å². The number of primary amides is 1. The van der Waals surface area contributed by atoms with Crippen molar-refractivity contribution in [3.63, 3.8) is 0 Å². The van der Waals surface area contributed by atoms with Crippen LogP contribution in [-0.4, -0.2) is 34.3 Å². The Hall–Kier alpha value is -3.77. The number of hydrogen-bond acceptors (Lipinski definition) is 4. The van der Waals surface area contributed by atoms with Crippen molar-refractivity contribution in [2.24, 2.45) is 23.3 Å². The first-order chi connectivity index (χ1) is 21.7. The van der Waals surface area contributed by atoms with Gasteiger partial charge in [-0.3, -0.25) is 14.6 Å². The maximum absolute atomic E-state index is 12.0. The highest BCUT2D eigenvalue weighted by Crippen LogP contribution is 2.20. The molecular weight excluding hydrogens is 552 g/mol. The molecule has 240 valence electrons. The molecule has 0 spiro atoms. The molecule has 4 aromatic rings. The Bertz CT molecular complexity index is 1250. The summed E-state index contributed by atoms with van der Waals surface area (Å²) in [5.74, 6) is 0.828. The van der Waals surface area contributed by atoms with E-state index in [-0.39, 0.29) is 11.9 Å². The zero-order valence-electron chi connectivity index (χ0n) is 27.8. The fourth-order valence-corrected chi connectivity index (χ4v) is 5.69. The normalized spacial score (nSPS) is 12.6. The summed E-state index contributed by atoms with van der Waals surface area (Å²) in [7, 11) is 0. The molecule has 1 amide bonds. The van der Waals surface area contributed by atoms with Crippen molar-refractivity contribution in [2.75, 3.05) is 6.54 Å². The molecule has 4 aromatic carbocycles. The Balaban J connectivity index is 0.000000246. The first-order valence-electron chi connectivity index (χ1n) is 16.4. The van der Waals surface area contributed by atoms with E-state index in [0.29, 0.717) is 24.4 Å². The quantitative estimate of drug-likeness (QED) is 0.137. The van der Waals surface area contributed by atoms with Gasteiger partial charge in [-0.05, 0) is 46.9 Å². The molecule has 4 N–H and O–H groups in total. The number of carbonyl (C=O) groups excluding carboxylic acids is 1. The average Bonchev–Trinajstić information content (AvgIpc) is 3.04. The molecule has 0 aliphatic rings. The summed E-state index contributed by atoms with van der Waals surface area (Å²) in [5.41, 5.74) is 16.9. The van der Waals surface area contributed by atoms with Crippen molar-refractivity contribution in [1.82, 2.24) is 9.80 Å². The summed E-state index contributed by atoms with van der Waals surface area (Å²) in [6.07, 6.45) is 1.91. The topological polar surface area (TPSA) is 75.6 Å². The van der Waals surface area contributed by atoms with E-state index in [1.807, 2.05) is 36.4 Å². The maximum atomic E-state index is 12.0. The van der Waals surface area contributed by atoms with Gasteiger partial charge in [0.25, 0.3) is 0 Å². The third-order valence-corrected chi connectivity index (χ3v) is 7.91. The fourth-order valence-electron chi connectivity index (χ4n) is 5.69. The minimum absolute atomic E-state index is 0.245. The van der Waals surface area contributed by atoms with Crippen LogP contribution in [0.5, 0.6) is 0 Å². The summed E-state index contributed by atoms with van der Waals surface area (Å²) in [6.45, 7) is 12.8. The van der Waals surface area contributed by atoms with Gasteiger partial charge in [0.05, 0.1) is 6.04 Å². The Labute approximate surface area is 272 Å². The van der Waals surface area contributed by atoms with Crippen LogP contribution in [-0.2, 0) is 31.0 Å². The van der Waals surface area contributed by atoms with E-state index in [2.05, 4.69) is 122 Å². The predicted molar refractivity (Wildman–Crippen MR) is 189 cm³/mol. The zero-order valence-corrected chi connectivity index (χ0v) is 27.8. The lowest BCUT2D eigenvalue weighted by molar-refractivity contribution is -0.124. The van der Waals surface area contributed by atoms with Crippen molar-refractivity contribution in [1.29, 1.82) is 0 Å². The first kappa shape index (κ1) is 35.7. The smallest absolute Gasteiger partial charge is 0.234 e. The SMILES string of the molecule is CC(C)C[C@H](C(N)=O)N(Cc1ccccc1)Cc1ccccc1.CC(C)C[C@H](CN)N(Cc1ccccc1)Cc1ccccc1. The minimum atomic E-state index is -0.254. The van der Waals surface area contributed by atoms with Crippen LogP contribution in [0.1, 0.15) is 62.8 Å². The minimum Gasteiger partial charge on any atom is -0.368 e. The summed E-state index contributed by atoms with van der Waals surface area (Å²) in [4.78, 5) is 16.7. The Morgan fingerprint density at radius 2 is 0.844 bits per heavy atom. The van der Waals surface area contributed by atoms with Gasteiger partial charge in [0.1, 0.15) is 0 Å². The fraction of sp³-hybridized carbons (Fsp3) is 0.375. The number of benzene rings is 4. The van der Waals surface area contributed by atoms with Gasteiger partial charge in [-0.2, -0.15) is 0 Å². The van der Waals surface area contributed by atoms with Crippen LogP contribution in [0.3, 0.4) is 0 Å². The van der Waals surface area contributed by atoms with E-state index >= 15 is 0 Å². The second-order valence-electron chi connectivity index (χ2n) is 12.8. The van der Waals surface area contributed by atoms with Crippen LogP contribution in [0.15, 0.2) is 121 Å². The molecule has 2 atom stereocenters. The molecule has 0 saturated carbocycles. The molecule has 45 heavy (non-hydrogen) atoms. The predicted octanol–water partition coefficient (Wildman–Crippen LogP) is 7.65. The summed E-state index contributed by atoms with van der Waals surface area (Å²) in [6, 6.07) is 42.0. The molecule has 0 aliphatic heterocycles. The van der Waals surface area contributed by atoms with Crippen molar-refractivity contribution in [2.45, 2.75) is 78.8 Å². The average molecular weight is 607 g/mol. The third kappa shape index (κ3) is 13.4. The summed E-state index contributed by atoms with van der Waals surface area (Å²) >= 11 is 0. The highest BCUT2D eigenvalue weighted by atomic mass is 16.1. The number of nitrogens with zero attached hydrogens (tertiary/aromatic N) is 2. The number of hydrogen-bond donors (Lipinski definition) is 2. The standard InChI is InChI=1S/C20H26N2O.C20H28N2/c1-16(2)13-19(20(21)23)22(14-17-9-5-3-6-10-17)15-18-11-7-4-8-12-18;1-17(2)13-20(14-21)22(15-18-9-5-3-6-10-18)16-19-11-7-4-8-12-19/h3-12,16,19H,13-15H2,1-2H3,(H2,21,23);3-12,17,20H,13-16,21H2,1-2H3/t19-;20-/m11/s1. The van der Waals surface area contributed by atoms with Gasteiger partial charge in [0, 0.05) is 38.8 Å².